The fourth-order valence-electron chi connectivity index (χ4n) is 4.12. The zero-order valence-electron chi connectivity index (χ0n) is 18.9. The third-order valence-electron chi connectivity index (χ3n) is 6.05. The van der Waals surface area contributed by atoms with Gasteiger partial charge in [-0.2, -0.15) is 0 Å². The average molecular weight is 437 g/mol. The second-order valence-electron chi connectivity index (χ2n) is 9.03. The summed E-state index contributed by atoms with van der Waals surface area (Å²) in [6, 6.07) is 15.8. The molecule has 1 heterocycles. The van der Waals surface area contributed by atoms with E-state index >= 15 is 0 Å². The lowest BCUT2D eigenvalue weighted by Crippen LogP contribution is -2.37. The number of benzene rings is 2. The largest absolute Gasteiger partial charge is 0.493 e. The summed E-state index contributed by atoms with van der Waals surface area (Å²) in [5.41, 5.74) is 1.21. The quantitative estimate of drug-likeness (QED) is 0.629. The van der Waals surface area contributed by atoms with E-state index in [9.17, 15) is 9.59 Å². The number of hydrogen-bond acceptors (Lipinski definition) is 4. The summed E-state index contributed by atoms with van der Waals surface area (Å²) < 4.78 is 11.8. The number of amides is 2. The van der Waals surface area contributed by atoms with Crippen molar-refractivity contribution in [3.63, 3.8) is 0 Å². The van der Waals surface area contributed by atoms with Gasteiger partial charge in [0.05, 0.1) is 6.61 Å². The molecule has 32 heavy (non-hydrogen) atoms. The SMILES string of the molecule is CC(=O)NC(C)CC(=O)N1CCC(c2ccc(Oc3cccc(OCC4CC4)c3)cc2)C1. The van der Waals surface area contributed by atoms with Gasteiger partial charge in [0.15, 0.2) is 0 Å². The van der Waals surface area contributed by atoms with Gasteiger partial charge in [0.2, 0.25) is 11.8 Å². The van der Waals surface area contributed by atoms with Crippen molar-refractivity contribution >= 4 is 11.8 Å². The Morgan fingerprint density at radius 3 is 2.53 bits per heavy atom. The molecule has 6 nitrogen and oxygen atoms in total. The number of rotatable bonds is 9. The Labute approximate surface area is 189 Å². The van der Waals surface area contributed by atoms with Crippen molar-refractivity contribution in [1.29, 1.82) is 0 Å². The lowest BCUT2D eigenvalue weighted by atomic mass is 9.98. The molecule has 2 amide bonds. The Kier molecular flexibility index (Phi) is 6.98. The summed E-state index contributed by atoms with van der Waals surface area (Å²) in [6.07, 6.45) is 3.82. The average Bonchev–Trinajstić information content (AvgIpc) is 3.46. The molecule has 2 aromatic rings. The van der Waals surface area contributed by atoms with Crippen LogP contribution in [0.4, 0.5) is 0 Å². The van der Waals surface area contributed by atoms with Gasteiger partial charge < -0.3 is 19.7 Å². The number of hydrogen-bond donors (Lipinski definition) is 1. The maximum absolute atomic E-state index is 12.5. The maximum atomic E-state index is 12.5. The van der Waals surface area contributed by atoms with Crippen molar-refractivity contribution in [2.45, 2.75) is 51.5 Å². The van der Waals surface area contributed by atoms with Gasteiger partial charge >= 0.3 is 0 Å². The van der Waals surface area contributed by atoms with E-state index in [1.165, 1.54) is 25.3 Å². The minimum absolute atomic E-state index is 0.0949. The molecule has 1 N–H and O–H groups in total. The Morgan fingerprint density at radius 1 is 1.06 bits per heavy atom. The number of carbonyl (C=O) groups is 2. The molecule has 2 atom stereocenters. The summed E-state index contributed by atoms with van der Waals surface area (Å²) >= 11 is 0. The Bertz CT molecular complexity index is 939. The number of ether oxygens (including phenoxy) is 2. The van der Waals surface area contributed by atoms with Crippen LogP contribution in [0.1, 0.15) is 51.0 Å². The van der Waals surface area contributed by atoms with Gasteiger partial charge in [-0.05, 0) is 61.9 Å². The second kappa shape index (κ2) is 10.1. The first-order chi connectivity index (χ1) is 15.5. The van der Waals surface area contributed by atoms with Crippen LogP contribution in [0, 0.1) is 5.92 Å². The van der Waals surface area contributed by atoms with E-state index in [0.717, 1.165) is 42.7 Å². The summed E-state index contributed by atoms with van der Waals surface area (Å²) in [7, 11) is 0. The monoisotopic (exact) mass is 436 g/mol. The van der Waals surface area contributed by atoms with Crippen LogP contribution in [-0.2, 0) is 9.59 Å². The molecule has 2 unspecified atom stereocenters. The second-order valence-corrected chi connectivity index (χ2v) is 9.03. The van der Waals surface area contributed by atoms with Crippen molar-refractivity contribution < 1.29 is 19.1 Å². The molecule has 2 fully saturated rings. The van der Waals surface area contributed by atoms with E-state index in [0.29, 0.717) is 18.9 Å². The van der Waals surface area contributed by atoms with Gasteiger partial charge in [0.25, 0.3) is 0 Å². The summed E-state index contributed by atoms with van der Waals surface area (Å²) in [5.74, 6) is 3.41. The minimum Gasteiger partial charge on any atom is -0.493 e. The van der Waals surface area contributed by atoms with Crippen molar-refractivity contribution in [2.24, 2.45) is 5.92 Å². The lowest BCUT2D eigenvalue weighted by molar-refractivity contribution is -0.130. The highest BCUT2D eigenvalue weighted by Crippen LogP contribution is 2.32. The fourth-order valence-corrected chi connectivity index (χ4v) is 4.12. The van der Waals surface area contributed by atoms with Gasteiger partial charge in [-0.25, -0.2) is 0 Å². The van der Waals surface area contributed by atoms with Crippen molar-refractivity contribution in [1.82, 2.24) is 10.2 Å². The van der Waals surface area contributed by atoms with E-state index in [2.05, 4.69) is 17.4 Å². The number of likely N-dealkylation sites (tertiary alicyclic amines) is 1. The molecule has 0 radical (unpaired) electrons. The van der Waals surface area contributed by atoms with E-state index in [-0.39, 0.29) is 17.9 Å². The molecule has 6 heteroatoms. The van der Waals surface area contributed by atoms with Crippen LogP contribution >= 0.6 is 0 Å². The van der Waals surface area contributed by atoms with Crippen molar-refractivity contribution in [2.75, 3.05) is 19.7 Å². The highest BCUT2D eigenvalue weighted by Gasteiger charge is 2.28. The molecular formula is C26H32N2O4. The molecule has 1 saturated heterocycles. The zero-order chi connectivity index (χ0) is 22.5. The smallest absolute Gasteiger partial charge is 0.224 e. The minimum atomic E-state index is -0.145. The topological polar surface area (TPSA) is 67.9 Å². The van der Waals surface area contributed by atoms with Crippen LogP contribution in [0.2, 0.25) is 0 Å². The van der Waals surface area contributed by atoms with E-state index < -0.39 is 0 Å². The first-order valence-corrected chi connectivity index (χ1v) is 11.5. The molecule has 1 saturated carbocycles. The van der Waals surface area contributed by atoms with Crippen molar-refractivity contribution in [3.05, 3.63) is 54.1 Å². The standard InChI is InChI=1S/C26H32N2O4/c1-18(27-19(2)29)14-26(30)28-13-12-22(16-28)21-8-10-23(11-9-21)32-25-5-3-4-24(15-25)31-17-20-6-7-20/h3-5,8-11,15,18,20,22H,6-7,12-14,16-17H2,1-2H3,(H,27,29). The molecule has 0 aromatic heterocycles. The zero-order valence-corrected chi connectivity index (χ0v) is 18.9. The third-order valence-corrected chi connectivity index (χ3v) is 6.05. The lowest BCUT2D eigenvalue weighted by Gasteiger charge is -2.20. The van der Waals surface area contributed by atoms with Gasteiger partial charge in [-0.3, -0.25) is 9.59 Å². The Morgan fingerprint density at radius 2 is 1.81 bits per heavy atom. The van der Waals surface area contributed by atoms with Gasteiger partial charge in [-0.1, -0.05) is 18.2 Å². The van der Waals surface area contributed by atoms with Gasteiger partial charge in [-0.15, -0.1) is 0 Å². The van der Waals surface area contributed by atoms with Crippen LogP contribution in [0.5, 0.6) is 17.2 Å². The molecule has 1 aliphatic heterocycles. The molecule has 2 aliphatic rings. The van der Waals surface area contributed by atoms with Crippen LogP contribution in [0.15, 0.2) is 48.5 Å². The summed E-state index contributed by atoms with van der Waals surface area (Å²) in [6.45, 7) is 5.58. The Balaban J connectivity index is 1.29. The fraction of sp³-hybridized carbons (Fsp3) is 0.462. The van der Waals surface area contributed by atoms with E-state index in [4.69, 9.17) is 9.47 Å². The first-order valence-electron chi connectivity index (χ1n) is 11.5. The normalized spacial score (nSPS) is 18.8. The van der Waals surface area contributed by atoms with Crippen LogP contribution < -0.4 is 14.8 Å². The van der Waals surface area contributed by atoms with Crippen LogP contribution in [-0.4, -0.2) is 42.5 Å². The van der Waals surface area contributed by atoms with Crippen molar-refractivity contribution in [3.8, 4) is 17.2 Å². The molecule has 4 rings (SSSR count). The molecule has 170 valence electrons. The maximum Gasteiger partial charge on any atom is 0.224 e. The summed E-state index contributed by atoms with van der Waals surface area (Å²) in [4.78, 5) is 25.6. The highest BCUT2D eigenvalue weighted by molar-refractivity contribution is 5.79. The summed E-state index contributed by atoms with van der Waals surface area (Å²) in [5, 5.41) is 2.78. The molecule has 1 aliphatic carbocycles. The number of nitrogens with zero attached hydrogens (tertiary/aromatic N) is 1. The van der Waals surface area contributed by atoms with Crippen LogP contribution in [0.25, 0.3) is 0 Å². The third kappa shape index (κ3) is 6.25. The molecule has 0 spiro atoms. The van der Waals surface area contributed by atoms with E-state index in [1.54, 1.807) is 0 Å². The highest BCUT2D eigenvalue weighted by atomic mass is 16.5. The van der Waals surface area contributed by atoms with Gasteiger partial charge in [0, 0.05) is 44.5 Å². The predicted molar refractivity (Wildman–Crippen MR) is 123 cm³/mol. The molecule has 0 bridgehead atoms. The van der Waals surface area contributed by atoms with E-state index in [1.807, 2.05) is 48.2 Å². The van der Waals surface area contributed by atoms with Gasteiger partial charge in [0.1, 0.15) is 17.2 Å². The molecule has 2 aromatic carbocycles. The Hall–Kier alpha value is -3.02. The first kappa shape index (κ1) is 22.2. The van der Waals surface area contributed by atoms with Crippen LogP contribution in [0.3, 0.4) is 0 Å². The number of carbonyl (C=O) groups excluding carboxylic acids is 2. The number of nitrogens with one attached hydrogen (secondary N) is 1. The molecular weight excluding hydrogens is 404 g/mol. The predicted octanol–water partition coefficient (Wildman–Crippen LogP) is 4.50.